The smallest absolute Gasteiger partial charge is 0.200 e. The second-order valence-corrected chi connectivity index (χ2v) is 8.02. The molecule has 6 nitrogen and oxygen atoms in total. The summed E-state index contributed by atoms with van der Waals surface area (Å²) >= 11 is 0. The lowest BCUT2D eigenvalue weighted by Crippen LogP contribution is -2.47. The Morgan fingerprint density at radius 2 is 1.71 bits per heavy atom. The van der Waals surface area contributed by atoms with Gasteiger partial charge in [-0.2, -0.15) is 0 Å². The topological polar surface area (TPSA) is 106 Å². The molecule has 0 aliphatic heterocycles. The number of hydrogen-bond acceptors (Lipinski definition) is 6. The fourth-order valence-electron chi connectivity index (χ4n) is 3.52. The van der Waals surface area contributed by atoms with Gasteiger partial charge in [-0.25, -0.2) is 0 Å². The Hall–Kier alpha value is -3.19. The second-order valence-electron chi connectivity index (χ2n) is 8.02. The summed E-state index contributed by atoms with van der Waals surface area (Å²) in [6.45, 7) is 1.38. The third-order valence-corrected chi connectivity index (χ3v) is 5.47. The van der Waals surface area contributed by atoms with E-state index in [0.29, 0.717) is 46.3 Å². The lowest BCUT2D eigenvalue weighted by Gasteiger charge is -2.24. The van der Waals surface area contributed by atoms with E-state index in [-0.39, 0.29) is 18.6 Å². The molecule has 0 amide bonds. The number of ether oxygens (including phenoxy) is 1. The molecule has 1 aromatic heterocycles. The lowest BCUT2D eigenvalue weighted by atomic mass is 9.93. The molecule has 4 rings (SSSR count). The van der Waals surface area contributed by atoms with Crippen molar-refractivity contribution >= 4 is 21.9 Å². The van der Waals surface area contributed by atoms with Gasteiger partial charge in [-0.3, -0.25) is 4.79 Å². The maximum absolute atomic E-state index is 13.1. The maximum Gasteiger partial charge on any atom is 0.200 e. The molecule has 4 aromatic rings. The molecule has 6 heteroatoms. The van der Waals surface area contributed by atoms with Crippen LogP contribution < -0.4 is 15.9 Å². The van der Waals surface area contributed by atoms with Gasteiger partial charge in [-0.1, -0.05) is 18.2 Å². The zero-order valence-corrected chi connectivity index (χ0v) is 17.3. The molecule has 31 heavy (non-hydrogen) atoms. The van der Waals surface area contributed by atoms with Crippen LogP contribution in [0, 0.1) is 6.92 Å². The standard InChI is InChI=1S/C25H25NO5/c1-16-3-2-4-18(11-16)30-19-6-7-20-23(13-19)31-22-8-5-17(12-21(22)24(20)29)9-10-25(26,14-27)15-28/h2-8,11-13,27-28H,9-10,14-15,26H2,1H3. The van der Waals surface area contributed by atoms with Crippen LogP contribution in [0.5, 0.6) is 11.5 Å². The number of rotatable bonds is 7. The Morgan fingerprint density at radius 1 is 0.935 bits per heavy atom. The number of aryl methyl sites for hydroxylation is 2. The van der Waals surface area contributed by atoms with Gasteiger partial charge in [0, 0.05) is 6.07 Å². The van der Waals surface area contributed by atoms with Crippen LogP contribution in [0.25, 0.3) is 21.9 Å². The van der Waals surface area contributed by atoms with Crippen molar-refractivity contribution in [2.45, 2.75) is 25.3 Å². The first-order valence-electron chi connectivity index (χ1n) is 10.2. The predicted molar refractivity (Wildman–Crippen MR) is 121 cm³/mol. The number of aliphatic hydroxyl groups excluding tert-OH is 2. The Labute approximate surface area is 179 Å². The van der Waals surface area contributed by atoms with Crippen molar-refractivity contribution in [3.63, 3.8) is 0 Å². The second kappa shape index (κ2) is 8.51. The number of hydrogen-bond donors (Lipinski definition) is 3. The molecular formula is C25H25NO5. The van der Waals surface area contributed by atoms with E-state index >= 15 is 0 Å². The van der Waals surface area contributed by atoms with Gasteiger partial charge in [0.05, 0.1) is 29.5 Å². The molecule has 1 heterocycles. The van der Waals surface area contributed by atoms with Gasteiger partial charge in [0.15, 0.2) is 0 Å². The van der Waals surface area contributed by atoms with Crippen molar-refractivity contribution in [1.82, 2.24) is 0 Å². The quantitative estimate of drug-likeness (QED) is 0.395. The molecule has 3 aromatic carbocycles. The third-order valence-electron chi connectivity index (χ3n) is 5.47. The van der Waals surface area contributed by atoms with Crippen LogP contribution in [-0.2, 0) is 6.42 Å². The van der Waals surface area contributed by atoms with Crippen molar-refractivity contribution in [3.05, 3.63) is 82.0 Å². The summed E-state index contributed by atoms with van der Waals surface area (Å²) < 4.78 is 11.9. The number of nitrogens with two attached hydrogens (primary N) is 1. The highest BCUT2D eigenvalue weighted by molar-refractivity contribution is 5.90. The van der Waals surface area contributed by atoms with Crippen LogP contribution in [0.1, 0.15) is 17.5 Å². The van der Waals surface area contributed by atoms with Crippen LogP contribution in [-0.4, -0.2) is 29.0 Å². The summed E-state index contributed by atoms with van der Waals surface area (Å²) in [5.74, 6) is 1.30. The zero-order chi connectivity index (χ0) is 22.0. The molecule has 160 valence electrons. The summed E-state index contributed by atoms with van der Waals surface area (Å²) in [7, 11) is 0. The van der Waals surface area contributed by atoms with E-state index in [0.717, 1.165) is 11.1 Å². The SMILES string of the molecule is Cc1cccc(Oc2ccc3c(=O)c4cc(CCC(N)(CO)CO)ccc4oc3c2)c1. The summed E-state index contributed by atoms with van der Waals surface area (Å²) in [5.41, 5.74) is 7.70. The van der Waals surface area contributed by atoms with Crippen molar-refractivity contribution in [1.29, 1.82) is 0 Å². The first-order valence-corrected chi connectivity index (χ1v) is 10.2. The lowest BCUT2D eigenvalue weighted by molar-refractivity contribution is 0.115. The van der Waals surface area contributed by atoms with E-state index < -0.39 is 5.54 Å². The summed E-state index contributed by atoms with van der Waals surface area (Å²) in [6.07, 6.45) is 0.915. The predicted octanol–water partition coefficient (Wildman–Crippen LogP) is 3.66. The Morgan fingerprint density at radius 3 is 2.45 bits per heavy atom. The largest absolute Gasteiger partial charge is 0.457 e. The van der Waals surface area contributed by atoms with Gasteiger partial charge in [-0.05, 0) is 67.3 Å². The molecule has 0 aliphatic rings. The Kier molecular flexibility index (Phi) is 5.78. The molecule has 0 aliphatic carbocycles. The minimum absolute atomic E-state index is 0.122. The van der Waals surface area contributed by atoms with Crippen molar-refractivity contribution in [2.75, 3.05) is 13.2 Å². The van der Waals surface area contributed by atoms with Crippen LogP contribution in [0.2, 0.25) is 0 Å². The minimum Gasteiger partial charge on any atom is -0.457 e. The van der Waals surface area contributed by atoms with Gasteiger partial charge < -0.3 is 25.1 Å². The summed E-state index contributed by atoms with van der Waals surface area (Å²) in [4.78, 5) is 13.1. The van der Waals surface area contributed by atoms with Crippen LogP contribution in [0.3, 0.4) is 0 Å². The van der Waals surface area contributed by atoms with Crippen molar-refractivity contribution in [2.24, 2.45) is 5.73 Å². The number of aliphatic hydroxyl groups is 2. The maximum atomic E-state index is 13.1. The highest BCUT2D eigenvalue weighted by Gasteiger charge is 2.22. The molecule has 0 saturated carbocycles. The molecule has 4 N–H and O–H groups in total. The van der Waals surface area contributed by atoms with Crippen molar-refractivity contribution < 1.29 is 19.4 Å². The summed E-state index contributed by atoms with van der Waals surface area (Å²) in [6, 6.07) is 18.3. The summed E-state index contributed by atoms with van der Waals surface area (Å²) in [5, 5.41) is 19.7. The van der Waals surface area contributed by atoms with Gasteiger partial charge in [0.2, 0.25) is 5.43 Å². The van der Waals surface area contributed by atoms with Gasteiger partial charge in [-0.15, -0.1) is 0 Å². The molecule has 0 radical (unpaired) electrons. The minimum atomic E-state index is -1.04. The molecule has 0 spiro atoms. The van der Waals surface area contributed by atoms with Gasteiger partial charge in [0.1, 0.15) is 22.7 Å². The molecular weight excluding hydrogens is 394 g/mol. The van der Waals surface area contributed by atoms with E-state index in [1.165, 1.54) is 0 Å². The van der Waals surface area contributed by atoms with Crippen molar-refractivity contribution in [3.8, 4) is 11.5 Å². The average Bonchev–Trinajstić information content (AvgIpc) is 2.78. The fraction of sp³-hybridized carbons (Fsp3) is 0.240. The first-order chi connectivity index (χ1) is 14.9. The van der Waals surface area contributed by atoms with Crippen LogP contribution in [0.15, 0.2) is 69.9 Å². The fourth-order valence-corrected chi connectivity index (χ4v) is 3.52. The van der Waals surface area contributed by atoms with Gasteiger partial charge >= 0.3 is 0 Å². The average molecular weight is 419 g/mol. The normalized spacial score (nSPS) is 11.9. The highest BCUT2D eigenvalue weighted by Crippen LogP contribution is 2.27. The first kappa shape index (κ1) is 21.1. The molecule has 0 fully saturated rings. The van der Waals surface area contributed by atoms with E-state index in [1.807, 2.05) is 37.3 Å². The van der Waals surface area contributed by atoms with Crippen LogP contribution in [0.4, 0.5) is 0 Å². The zero-order valence-electron chi connectivity index (χ0n) is 17.3. The highest BCUT2D eigenvalue weighted by atomic mass is 16.5. The number of benzene rings is 3. The molecule has 0 atom stereocenters. The van der Waals surface area contributed by atoms with E-state index in [4.69, 9.17) is 14.9 Å². The molecule has 0 unspecified atom stereocenters. The monoisotopic (exact) mass is 419 g/mol. The van der Waals surface area contributed by atoms with E-state index in [9.17, 15) is 15.0 Å². The number of fused-ring (bicyclic) bond motifs is 2. The Balaban J connectivity index is 1.66. The third kappa shape index (κ3) is 4.46. The van der Waals surface area contributed by atoms with Gasteiger partial charge in [0.25, 0.3) is 0 Å². The van der Waals surface area contributed by atoms with E-state index in [2.05, 4.69) is 0 Å². The Bertz CT molecular complexity index is 1290. The van der Waals surface area contributed by atoms with E-state index in [1.54, 1.807) is 30.3 Å². The molecule has 0 bridgehead atoms. The van der Waals surface area contributed by atoms with Crippen LogP contribution >= 0.6 is 0 Å². The molecule has 0 saturated heterocycles.